The van der Waals surface area contributed by atoms with Gasteiger partial charge < -0.3 is 9.47 Å². The van der Waals surface area contributed by atoms with Crippen LogP contribution in [0.2, 0.25) is 5.02 Å². The number of benzene rings is 1. The van der Waals surface area contributed by atoms with Crippen molar-refractivity contribution in [2.45, 2.75) is 6.54 Å². The second kappa shape index (κ2) is 5.75. The predicted octanol–water partition coefficient (Wildman–Crippen LogP) is 1.96. The van der Waals surface area contributed by atoms with Gasteiger partial charge in [0.1, 0.15) is 0 Å². The fourth-order valence-corrected chi connectivity index (χ4v) is 1.75. The normalized spacial score (nSPS) is 10.3. The van der Waals surface area contributed by atoms with Crippen LogP contribution in [-0.4, -0.2) is 24.0 Å². The topological polar surface area (TPSA) is 53.4 Å². The summed E-state index contributed by atoms with van der Waals surface area (Å²) in [6.07, 6.45) is 0. The summed E-state index contributed by atoms with van der Waals surface area (Å²) in [5, 5.41) is 4.75. The van der Waals surface area contributed by atoms with Gasteiger partial charge in [-0.25, -0.2) is 4.68 Å². The van der Waals surface area contributed by atoms with Crippen molar-refractivity contribution in [2.75, 3.05) is 14.2 Å². The van der Waals surface area contributed by atoms with Crippen LogP contribution in [0.1, 0.15) is 5.56 Å². The summed E-state index contributed by atoms with van der Waals surface area (Å²) in [4.78, 5) is 11.9. The molecule has 0 aliphatic rings. The van der Waals surface area contributed by atoms with Crippen LogP contribution < -0.4 is 15.0 Å². The summed E-state index contributed by atoms with van der Waals surface area (Å²) >= 11 is 5.81. The van der Waals surface area contributed by atoms with Crippen LogP contribution in [0, 0.1) is 0 Å². The highest BCUT2D eigenvalue weighted by molar-refractivity contribution is 6.30. The van der Waals surface area contributed by atoms with Crippen molar-refractivity contribution in [1.82, 2.24) is 9.78 Å². The van der Waals surface area contributed by atoms with Crippen LogP contribution in [0.3, 0.4) is 0 Å². The Bertz CT molecular complexity index is 623. The lowest BCUT2D eigenvalue weighted by atomic mass is 10.2. The van der Waals surface area contributed by atoms with Gasteiger partial charge >= 0.3 is 0 Å². The van der Waals surface area contributed by atoms with Crippen molar-refractivity contribution in [3.8, 4) is 11.6 Å². The number of aromatic nitrogens is 2. The van der Waals surface area contributed by atoms with Gasteiger partial charge in [-0.1, -0.05) is 23.7 Å². The van der Waals surface area contributed by atoms with Crippen LogP contribution >= 0.6 is 11.6 Å². The molecule has 6 heteroatoms. The van der Waals surface area contributed by atoms with Crippen molar-refractivity contribution >= 4 is 11.6 Å². The van der Waals surface area contributed by atoms with E-state index in [0.29, 0.717) is 17.3 Å². The molecule has 100 valence electrons. The Balaban J connectivity index is 2.35. The number of ether oxygens (including phenoxy) is 2. The molecule has 0 amide bonds. The standard InChI is InChI=1S/C13H13ClN2O3/c1-18-11-7-12(17)16(15-13(11)19-2)8-9-3-5-10(14)6-4-9/h3-7H,8H2,1-2H3. The lowest BCUT2D eigenvalue weighted by molar-refractivity contribution is 0.328. The van der Waals surface area contributed by atoms with Crippen LogP contribution in [0.25, 0.3) is 0 Å². The Kier molecular flexibility index (Phi) is 4.06. The van der Waals surface area contributed by atoms with Crippen LogP contribution in [0.15, 0.2) is 35.1 Å². The summed E-state index contributed by atoms with van der Waals surface area (Å²) in [7, 11) is 2.93. The molecule has 0 spiro atoms. The first-order valence-electron chi connectivity index (χ1n) is 5.58. The van der Waals surface area contributed by atoms with E-state index in [1.54, 1.807) is 12.1 Å². The minimum absolute atomic E-state index is 0.257. The molecule has 0 radical (unpaired) electrons. The maximum atomic E-state index is 11.9. The molecule has 19 heavy (non-hydrogen) atoms. The molecule has 1 aromatic heterocycles. The Morgan fingerprint density at radius 1 is 1.21 bits per heavy atom. The quantitative estimate of drug-likeness (QED) is 0.859. The highest BCUT2D eigenvalue weighted by Gasteiger charge is 2.09. The monoisotopic (exact) mass is 280 g/mol. The zero-order chi connectivity index (χ0) is 13.8. The maximum absolute atomic E-state index is 11.9. The highest BCUT2D eigenvalue weighted by Crippen LogP contribution is 2.20. The molecule has 1 heterocycles. The lowest BCUT2D eigenvalue weighted by Crippen LogP contribution is -2.23. The molecule has 0 saturated carbocycles. The smallest absolute Gasteiger partial charge is 0.274 e. The Hall–Kier alpha value is -2.01. The number of methoxy groups -OCH3 is 2. The Morgan fingerprint density at radius 2 is 1.89 bits per heavy atom. The molecule has 2 rings (SSSR count). The molecular weight excluding hydrogens is 268 g/mol. The van der Waals surface area contributed by atoms with Crippen LogP contribution in [-0.2, 0) is 6.54 Å². The molecule has 0 N–H and O–H groups in total. The largest absolute Gasteiger partial charge is 0.491 e. The van der Waals surface area contributed by atoms with Gasteiger partial charge in [0.2, 0.25) is 0 Å². The molecule has 0 aliphatic carbocycles. The third kappa shape index (κ3) is 3.06. The van der Waals surface area contributed by atoms with Crippen molar-refractivity contribution < 1.29 is 9.47 Å². The fraction of sp³-hybridized carbons (Fsp3) is 0.231. The van der Waals surface area contributed by atoms with Crippen molar-refractivity contribution in [3.63, 3.8) is 0 Å². The molecule has 0 aliphatic heterocycles. The van der Waals surface area contributed by atoms with E-state index in [9.17, 15) is 4.79 Å². The SMILES string of the molecule is COc1cc(=O)n(Cc2ccc(Cl)cc2)nc1OC. The van der Waals surface area contributed by atoms with E-state index < -0.39 is 0 Å². The second-order valence-corrected chi connectivity index (χ2v) is 4.28. The van der Waals surface area contributed by atoms with Gasteiger partial charge in [0, 0.05) is 5.02 Å². The molecule has 0 unspecified atom stereocenters. The Labute approximate surface area is 115 Å². The molecule has 0 bridgehead atoms. The summed E-state index contributed by atoms with van der Waals surface area (Å²) in [6.45, 7) is 0.344. The van der Waals surface area contributed by atoms with E-state index in [2.05, 4.69) is 5.10 Å². The summed E-state index contributed by atoms with van der Waals surface area (Å²) < 4.78 is 11.4. The van der Waals surface area contributed by atoms with E-state index in [-0.39, 0.29) is 11.4 Å². The van der Waals surface area contributed by atoms with E-state index in [1.807, 2.05) is 12.1 Å². The minimum atomic E-state index is -0.257. The molecule has 0 fully saturated rings. The van der Waals surface area contributed by atoms with Gasteiger partial charge in [-0.15, -0.1) is 5.10 Å². The first-order chi connectivity index (χ1) is 9.13. The maximum Gasteiger partial charge on any atom is 0.274 e. The van der Waals surface area contributed by atoms with E-state index >= 15 is 0 Å². The predicted molar refractivity (Wildman–Crippen MR) is 72.2 cm³/mol. The van der Waals surface area contributed by atoms with Gasteiger partial charge in [-0.2, -0.15) is 0 Å². The molecule has 1 aromatic carbocycles. The number of rotatable bonds is 4. The third-order valence-electron chi connectivity index (χ3n) is 2.59. The van der Waals surface area contributed by atoms with Gasteiger partial charge in [-0.05, 0) is 17.7 Å². The zero-order valence-corrected chi connectivity index (χ0v) is 11.3. The van der Waals surface area contributed by atoms with Crippen LogP contribution in [0.4, 0.5) is 0 Å². The van der Waals surface area contributed by atoms with Crippen LogP contribution in [0.5, 0.6) is 11.6 Å². The van der Waals surface area contributed by atoms with Gasteiger partial charge in [0.15, 0.2) is 5.75 Å². The van der Waals surface area contributed by atoms with Gasteiger partial charge in [-0.3, -0.25) is 4.79 Å². The lowest BCUT2D eigenvalue weighted by Gasteiger charge is -2.09. The third-order valence-corrected chi connectivity index (χ3v) is 2.84. The van der Waals surface area contributed by atoms with Crippen molar-refractivity contribution in [2.24, 2.45) is 0 Å². The fourth-order valence-electron chi connectivity index (χ4n) is 1.62. The van der Waals surface area contributed by atoms with E-state index in [1.165, 1.54) is 25.0 Å². The molecule has 0 saturated heterocycles. The minimum Gasteiger partial charge on any atom is -0.491 e. The van der Waals surface area contributed by atoms with Gasteiger partial charge in [0.05, 0.1) is 26.8 Å². The molecule has 2 aromatic rings. The van der Waals surface area contributed by atoms with Crippen molar-refractivity contribution in [3.05, 3.63) is 51.3 Å². The van der Waals surface area contributed by atoms with Crippen molar-refractivity contribution in [1.29, 1.82) is 0 Å². The highest BCUT2D eigenvalue weighted by atomic mass is 35.5. The number of halogens is 1. The summed E-state index contributed by atoms with van der Waals surface area (Å²) in [5.74, 6) is 0.593. The average molecular weight is 281 g/mol. The number of hydrogen-bond acceptors (Lipinski definition) is 4. The summed E-state index contributed by atoms with van der Waals surface area (Å²) in [6, 6.07) is 8.56. The Morgan fingerprint density at radius 3 is 2.47 bits per heavy atom. The number of hydrogen-bond donors (Lipinski definition) is 0. The zero-order valence-electron chi connectivity index (χ0n) is 10.6. The van der Waals surface area contributed by atoms with E-state index in [0.717, 1.165) is 5.56 Å². The molecule has 0 atom stereocenters. The molecule has 5 nitrogen and oxygen atoms in total. The molecular formula is C13H13ClN2O3. The second-order valence-electron chi connectivity index (χ2n) is 3.84. The number of nitrogens with zero attached hydrogens (tertiary/aromatic N) is 2. The van der Waals surface area contributed by atoms with E-state index in [4.69, 9.17) is 21.1 Å². The van der Waals surface area contributed by atoms with Gasteiger partial charge in [0.25, 0.3) is 11.4 Å². The first kappa shape index (κ1) is 13.4. The average Bonchev–Trinajstić information content (AvgIpc) is 2.43. The first-order valence-corrected chi connectivity index (χ1v) is 5.96. The summed E-state index contributed by atoms with van der Waals surface area (Å²) in [5.41, 5.74) is 0.666.